The summed E-state index contributed by atoms with van der Waals surface area (Å²) in [5.41, 5.74) is 6.13. The summed E-state index contributed by atoms with van der Waals surface area (Å²) < 4.78 is 5.59. The fraction of sp³-hybridized carbons (Fsp3) is 0.714. The van der Waals surface area contributed by atoms with Gasteiger partial charge in [-0.2, -0.15) is 0 Å². The zero-order valence-corrected chi connectivity index (χ0v) is 10.9. The number of furan rings is 1. The molecule has 1 aliphatic rings. The first-order chi connectivity index (χ1) is 8.24. The molecule has 0 saturated carbocycles. The Labute approximate surface area is 104 Å². The highest BCUT2D eigenvalue weighted by molar-refractivity contribution is 5.06. The van der Waals surface area contributed by atoms with Crippen molar-refractivity contribution < 1.29 is 4.42 Å². The van der Waals surface area contributed by atoms with Crippen LogP contribution >= 0.6 is 0 Å². The highest BCUT2D eigenvalue weighted by Gasteiger charge is 2.31. The zero-order chi connectivity index (χ0) is 12.3. The predicted octanol–water partition coefficient (Wildman–Crippen LogP) is 2.93. The minimum Gasteiger partial charge on any atom is -0.468 e. The summed E-state index contributed by atoms with van der Waals surface area (Å²) in [6, 6.07) is 5.18. The third kappa shape index (κ3) is 2.72. The smallest absolute Gasteiger partial charge is 0.120 e. The first-order valence-corrected chi connectivity index (χ1v) is 6.78. The van der Waals surface area contributed by atoms with Crippen LogP contribution in [0.15, 0.2) is 22.8 Å². The molecular formula is C14H24N2O. The molecule has 0 spiro atoms. The van der Waals surface area contributed by atoms with Gasteiger partial charge in [0.15, 0.2) is 0 Å². The quantitative estimate of drug-likeness (QED) is 0.874. The Morgan fingerprint density at radius 1 is 1.53 bits per heavy atom. The van der Waals surface area contributed by atoms with E-state index in [9.17, 15) is 0 Å². The molecule has 3 unspecified atom stereocenters. The molecule has 1 aromatic rings. The monoisotopic (exact) mass is 236 g/mol. The molecule has 0 aliphatic carbocycles. The largest absolute Gasteiger partial charge is 0.468 e. The number of rotatable bonds is 4. The van der Waals surface area contributed by atoms with Crippen molar-refractivity contribution in [3.63, 3.8) is 0 Å². The van der Waals surface area contributed by atoms with Gasteiger partial charge in [0.1, 0.15) is 5.76 Å². The highest BCUT2D eigenvalue weighted by atomic mass is 16.3. The molecule has 0 bridgehead atoms. The fourth-order valence-electron chi connectivity index (χ4n) is 3.01. The van der Waals surface area contributed by atoms with Crippen LogP contribution in [0.2, 0.25) is 0 Å². The van der Waals surface area contributed by atoms with Crippen molar-refractivity contribution >= 4 is 0 Å². The Balaban J connectivity index is 2.16. The van der Waals surface area contributed by atoms with Crippen molar-refractivity contribution in [1.29, 1.82) is 0 Å². The van der Waals surface area contributed by atoms with E-state index in [2.05, 4.69) is 24.8 Å². The number of nitrogens with two attached hydrogens (primary N) is 1. The Hall–Kier alpha value is -0.800. The minimum atomic E-state index is 0.235. The van der Waals surface area contributed by atoms with E-state index in [4.69, 9.17) is 10.2 Å². The molecular weight excluding hydrogens is 212 g/mol. The Kier molecular flexibility index (Phi) is 4.24. The molecule has 3 nitrogen and oxygen atoms in total. The standard InChI is InChI=1S/C14H24N2O/c1-3-12(14-8-6-10-17-14)16-9-5-4-7-13(16)11(2)15/h6,8,10-13H,3-5,7,9,15H2,1-2H3. The van der Waals surface area contributed by atoms with Gasteiger partial charge in [-0.05, 0) is 44.9 Å². The van der Waals surface area contributed by atoms with Crippen LogP contribution in [0, 0.1) is 0 Å². The topological polar surface area (TPSA) is 42.4 Å². The number of hydrogen-bond acceptors (Lipinski definition) is 3. The molecule has 3 atom stereocenters. The SMILES string of the molecule is CCC(c1ccco1)N1CCCCC1C(C)N. The van der Waals surface area contributed by atoms with Crippen LogP contribution in [0.4, 0.5) is 0 Å². The van der Waals surface area contributed by atoms with Crippen LogP contribution < -0.4 is 5.73 Å². The van der Waals surface area contributed by atoms with Gasteiger partial charge in [-0.1, -0.05) is 13.3 Å². The van der Waals surface area contributed by atoms with E-state index in [1.807, 2.05) is 6.07 Å². The van der Waals surface area contributed by atoms with E-state index in [-0.39, 0.29) is 6.04 Å². The van der Waals surface area contributed by atoms with Gasteiger partial charge >= 0.3 is 0 Å². The highest BCUT2D eigenvalue weighted by Crippen LogP contribution is 2.32. The average molecular weight is 236 g/mol. The maximum Gasteiger partial charge on any atom is 0.120 e. The molecule has 0 radical (unpaired) electrons. The lowest BCUT2D eigenvalue weighted by Crippen LogP contribution is -2.50. The average Bonchev–Trinajstić information content (AvgIpc) is 2.84. The Morgan fingerprint density at radius 3 is 2.94 bits per heavy atom. The van der Waals surface area contributed by atoms with E-state index in [1.165, 1.54) is 19.3 Å². The molecule has 1 aliphatic heterocycles. The summed E-state index contributed by atoms with van der Waals surface area (Å²) in [4.78, 5) is 2.55. The van der Waals surface area contributed by atoms with Gasteiger partial charge in [-0.25, -0.2) is 0 Å². The third-order valence-electron chi connectivity index (χ3n) is 3.86. The molecule has 2 rings (SSSR count). The van der Waals surface area contributed by atoms with Gasteiger partial charge in [-0.3, -0.25) is 4.90 Å². The van der Waals surface area contributed by atoms with Gasteiger partial charge in [0.2, 0.25) is 0 Å². The summed E-state index contributed by atoms with van der Waals surface area (Å²) in [5, 5.41) is 0. The van der Waals surface area contributed by atoms with Crippen LogP contribution in [-0.4, -0.2) is 23.5 Å². The fourth-order valence-corrected chi connectivity index (χ4v) is 3.01. The van der Waals surface area contributed by atoms with Crippen molar-refractivity contribution in [1.82, 2.24) is 4.90 Å². The second-order valence-electron chi connectivity index (χ2n) is 5.10. The normalized spacial score (nSPS) is 25.7. The molecule has 0 aromatic carbocycles. The lowest BCUT2D eigenvalue weighted by Gasteiger charge is -2.42. The van der Waals surface area contributed by atoms with E-state index in [0.717, 1.165) is 18.7 Å². The van der Waals surface area contributed by atoms with Crippen molar-refractivity contribution in [2.45, 2.75) is 57.7 Å². The van der Waals surface area contributed by atoms with Crippen molar-refractivity contribution in [2.24, 2.45) is 5.73 Å². The van der Waals surface area contributed by atoms with Crippen LogP contribution in [0.5, 0.6) is 0 Å². The van der Waals surface area contributed by atoms with Crippen LogP contribution in [-0.2, 0) is 0 Å². The zero-order valence-electron chi connectivity index (χ0n) is 10.9. The summed E-state index contributed by atoms with van der Waals surface area (Å²) in [7, 11) is 0. The molecule has 96 valence electrons. The molecule has 1 saturated heterocycles. The first kappa shape index (κ1) is 12.7. The third-order valence-corrected chi connectivity index (χ3v) is 3.86. The molecule has 3 heteroatoms. The summed E-state index contributed by atoms with van der Waals surface area (Å²) >= 11 is 0. The Bertz CT molecular complexity index is 321. The van der Waals surface area contributed by atoms with Gasteiger partial charge in [0.25, 0.3) is 0 Å². The molecule has 2 N–H and O–H groups in total. The predicted molar refractivity (Wildman–Crippen MR) is 69.7 cm³/mol. The lowest BCUT2D eigenvalue weighted by molar-refractivity contribution is 0.0674. The second-order valence-corrected chi connectivity index (χ2v) is 5.10. The minimum absolute atomic E-state index is 0.235. The van der Waals surface area contributed by atoms with Crippen LogP contribution in [0.3, 0.4) is 0 Å². The van der Waals surface area contributed by atoms with Crippen molar-refractivity contribution in [2.75, 3.05) is 6.54 Å². The number of piperidine rings is 1. The van der Waals surface area contributed by atoms with E-state index in [0.29, 0.717) is 12.1 Å². The van der Waals surface area contributed by atoms with Gasteiger partial charge in [-0.15, -0.1) is 0 Å². The summed E-state index contributed by atoms with van der Waals surface area (Å²) in [6.45, 7) is 5.49. The maximum absolute atomic E-state index is 6.13. The van der Waals surface area contributed by atoms with Crippen molar-refractivity contribution in [3.8, 4) is 0 Å². The van der Waals surface area contributed by atoms with E-state index in [1.54, 1.807) is 6.26 Å². The van der Waals surface area contributed by atoms with Gasteiger partial charge < -0.3 is 10.2 Å². The summed E-state index contributed by atoms with van der Waals surface area (Å²) in [5.74, 6) is 1.08. The molecule has 17 heavy (non-hydrogen) atoms. The van der Waals surface area contributed by atoms with E-state index < -0.39 is 0 Å². The van der Waals surface area contributed by atoms with Gasteiger partial charge in [0, 0.05) is 12.1 Å². The maximum atomic E-state index is 6.13. The number of nitrogens with zero attached hydrogens (tertiary/aromatic N) is 1. The second kappa shape index (κ2) is 5.69. The molecule has 2 heterocycles. The molecule has 0 amide bonds. The molecule has 1 fully saturated rings. The van der Waals surface area contributed by atoms with Crippen LogP contribution in [0.25, 0.3) is 0 Å². The first-order valence-electron chi connectivity index (χ1n) is 6.78. The summed E-state index contributed by atoms with van der Waals surface area (Å²) in [6.07, 6.45) is 6.64. The number of hydrogen-bond donors (Lipinski definition) is 1. The Morgan fingerprint density at radius 2 is 2.35 bits per heavy atom. The van der Waals surface area contributed by atoms with Crippen LogP contribution in [0.1, 0.15) is 51.3 Å². The van der Waals surface area contributed by atoms with E-state index >= 15 is 0 Å². The lowest BCUT2D eigenvalue weighted by atomic mass is 9.93. The molecule has 1 aromatic heterocycles. The number of likely N-dealkylation sites (tertiary alicyclic amines) is 1. The van der Waals surface area contributed by atoms with Gasteiger partial charge in [0.05, 0.1) is 12.3 Å². The van der Waals surface area contributed by atoms with Crippen molar-refractivity contribution in [3.05, 3.63) is 24.2 Å².